The van der Waals surface area contributed by atoms with Crippen molar-refractivity contribution < 1.29 is 19.1 Å². The summed E-state index contributed by atoms with van der Waals surface area (Å²) >= 11 is 0. The number of hydrogen-bond acceptors (Lipinski definition) is 2. The monoisotopic (exact) mass is 180 g/mol. The van der Waals surface area contributed by atoms with Crippen molar-refractivity contribution in [2.45, 2.75) is 0 Å². The number of likely N-dealkylation sites (N-methyl/N-ethyl adjacent to an activating group) is 1. The first-order valence-corrected chi connectivity index (χ1v) is 4.58. The maximum atomic E-state index is 10.9. The van der Waals surface area contributed by atoms with Gasteiger partial charge in [-0.1, -0.05) is 0 Å². The van der Waals surface area contributed by atoms with Gasteiger partial charge in [0.05, 0.1) is 6.54 Å². The average Bonchev–Trinajstić information content (AvgIpc) is 2.11. The Hall–Kier alpha value is -0.580. The minimum atomic E-state index is -4.36. The van der Waals surface area contributed by atoms with Crippen molar-refractivity contribution in [3.05, 3.63) is 0 Å². The Kier molecular flexibility index (Phi) is 1.92. The molecule has 1 saturated heterocycles. The van der Waals surface area contributed by atoms with Crippen LogP contribution >= 0.6 is 7.75 Å². The normalized spacial score (nSPS) is 19.7. The zero-order valence-electron chi connectivity index (χ0n) is 5.97. The molecule has 0 bridgehead atoms. The Morgan fingerprint density at radius 2 is 2.00 bits per heavy atom. The van der Waals surface area contributed by atoms with Crippen LogP contribution in [0.3, 0.4) is 0 Å². The second-order valence-electron chi connectivity index (χ2n) is 2.34. The number of carbonyl (C=O) groups is 1. The van der Waals surface area contributed by atoms with Gasteiger partial charge in [-0.15, -0.1) is 0 Å². The van der Waals surface area contributed by atoms with E-state index in [0.29, 0.717) is 11.2 Å². The minimum Gasteiger partial charge on any atom is -0.326 e. The van der Waals surface area contributed by atoms with Crippen LogP contribution in [0.1, 0.15) is 0 Å². The molecule has 2 amide bonds. The largest absolute Gasteiger partial charge is 0.433 e. The summed E-state index contributed by atoms with van der Waals surface area (Å²) in [6.07, 6.45) is 0. The fraction of sp³-hybridized carbons (Fsp3) is 0.750. The predicted octanol–water partition coefficient (Wildman–Crippen LogP) is -0.553. The van der Waals surface area contributed by atoms with Crippen molar-refractivity contribution >= 4 is 13.8 Å². The molecule has 64 valence electrons. The highest BCUT2D eigenvalue weighted by molar-refractivity contribution is 7.49. The summed E-state index contributed by atoms with van der Waals surface area (Å²) in [5.74, 6) is 0. The van der Waals surface area contributed by atoms with E-state index in [1.807, 2.05) is 0 Å². The van der Waals surface area contributed by atoms with Gasteiger partial charge in [0.15, 0.2) is 0 Å². The van der Waals surface area contributed by atoms with E-state index in [-0.39, 0.29) is 6.54 Å². The van der Waals surface area contributed by atoms with E-state index >= 15 is 0 Å². The molecule has 1 rings (SSSR count). The molecular weight excluding hydrogens is 171 g/mol. The first kappa shape index (κ1) is 8.52. The molecule has 0 saturated carbocycles. The summed E-state index contributed by atoms with van der Waals surface area (Å²) in [5, 5.41) is 0. The SMILES string of the molecule is CN1CCN(P(=O)(O)O)C1=O. The van der Waals surface area contributed by atoms with Crippen molar-refractivity contribution in [2.24, 2.45) is 0 Å². The lowest BCUT2D eigenvalue weighted by Crippen LogP contribution is -2.26. The fourth-order valence-electron chi connectivity index (χ4n) is 0.875. The van der Waals surface area contributed by atoms with Gasteiger partial charge in [-0.25, -0.2) is 14.0 Å². The molecule has 1 heterocycles. The molecule has 0 spiro atoms. The number of hydrogen-bond donors (Lipinski definition) is 2. The molecule has 2 N–H and O–H groups in total. The van der Waals surface area contributed by atoms with Crippen molar-refractivity contribution in [2.75, 3.05) is 20.1 Å². The van der Waals surface area contributed by atoms with Gasteiger partial charge in [-0.05, 0) is 0 Å². The maximum Gasteiger partial charge on any atom is 0.433 e. The highest BCUT2D eigenvalue weighted by Gasteiger charge is 2.37. The molecule has 0 aromatic heterocycles. The minimum absolute atomic E-state index is 0.0968. The van der Waals surface area contributed by atoms with Gasteiger partial charge in [0.1, 0.15) is 0 Å². The third-order valence-electron chi connectivity index (χ3n) is 1.51. The second-order valence-corrected chi connectivity index (χ2v) is 3.85. The molecule has 0 unspecified atom stereocenters. The van der Waals surface area contributed by atoms with Crippen molar-refractivity contribution in [1.82, 2.24) is 9.57 Å². The molecule has 0 radical (unpaired) electrons. The van der Waals surface area contributed by atoms with Crippen LogP contribution in [0.2, 0.25) is 0 Å². The summed E-state index contributed by atoms with van der Waals surface area (Å²) in [4.78, 5) is 29.4. The summed E-state index contributed by atoms with van der Waals surface area (Å²) < 4.78 is 11.1. The zero-order chi connectivity index (χ0) is 8.65. The lowest BCUT2D eigenvalue weighted by molar-refractivity contribution is 0.205. The van der Waals surface area contributed by atoms with Crippen molar-refractivity contribution in [3.8, 4) is 0 Å². The molecule has 6 nitrogen and oxygen atoms in total. The standard InChI is InChI=1S/C4H9N2O4P/c1-5-2-3-6(4(5)7)11(8,9)10/h2-3H2,1H3,(H2,8,9,10). The Labute approximate surface area is 63.6 Å². The molecule has 1 aliphatic rings. The van der Waals surface area contributed by atoms with Crippen LogP contribution in [0.25, 0.3) is 0 Å². The van der Waals surface area contributed by atoms with Gasteiger partial charge < -0.3 is 14.7 Å². The van der Waals surface area contributed by atoms with Gasteiger partial charge >= 0.3 is 13.8 Å². The van der Waals surface area contributed by atoms with Gasteiger partial charge in [-0.2, -0.15) is 0 Å². The lowest BCUT2D eigenvalue weighted by Gasteiger charge is -2.15. The van der Waals surface area contributed by atoms with E-state index < -0.39 is 13.8 Å². The number of carbonyl (C=O) groups excluding carboxylic acids is 1. The fourth-order valence-corrected chi connectivity index (χ4v) is 1.60. The van der Waals surface area contributed by atoms with E-state index in [1.165, 1.54) is 11.9 Å². The first-order chi connectivity index (χ1) is 4.93. The summed E-state index contributed by atoms with van der Waals surface area (Å²) in [5.41, 5.74) is 0. The highest BCUT2D eigenvalue weighted by atomic mass is 31.2. The van der Waals surface area contributed by atoms with Gasteiger partial charge in [-0.3, -0.25) is 0 Å². The molecule has 0 aromatic carbocycles. The number of nitrogens with zero attached hydrogens (tertiary/aromatic N) is 2. The molecule has 0 atom stereocenters. The molecule has 0 aromatic rings. The summed E-state index contributed by atoms with van der Waals surface area (Å²) in [6.45, 7) is 0.462. The van der Waals surface area contributed by atoms with Crippen LogP contribution < -0.4 is 0 Å². The van der Waals surface area contributed by atoms with Gasteiger partial charge in [0.25, 0.3) is 0 Å². The molecule has 7 heteroatoms. The summed E-state index contributed by atoms with van der Waals surface area (Å²) in [6, 6.07) is -0.613. The Morgan fingerprint density at radius 3 is 2.18 bits per heavy atom. The van der Waals surface area contributed by atoms with Crippen molar-refractivity contribution in [3.63, 3.8) is 0 Å². The Bertz CT molecular complexity index is 224. The van der Waals surface area contributed by atoms with Crippen LogP contribution in [0, 0.1) is 0 Å². The third-order valence-corrected chi connectivity index (χ3v) is 2.51. The molecule has 0 aliphatic carbocycles. The zero-order valence-corrected chi connectivity index (χ0v) is 6.86. The number of rotatable bonds is 1. The van der Waals surface area contributed by atoms with Crippen molar-refractivity contribution in [1.29, 1.82) is 0 Å². The third kappa shape index (κ3) is 1.53. The maximum absolute atomic E-state index is 10.9. The van der Waals surface area contributed by atoms with E-state index in [1.54, 1.807) is 0 Å². The van der Waals surface area contributed by atoms with E-state index in [0.717, 1.165) is 0 Å². The van der Waals surface area contributed by atoms with Crippen LogP contribution in [-0.2, 0) is 4.57 Å². The predicted molar refractivity (Wildman–Crippen MR) is 36.8 cm³/mol. The molecule has 1 aliphatic heterocycles. The Morgan fingerprint density at radius 1 is 1.45 bits per heavy atom. The first-order valence-electron chi connectivity index (χ1n) is 3.01. The van der Waals surface area contributed by atoms with Crippen LogP contribution in [0.15, 0.2) is 0 Å². The summed E-state index contributed by atoms with van der Waals surface area (Å²) in [7, 11) is -2.87. The van der Waals surface area contributed by atoms with Crippen LogP contribution in [-0.4, -0.2) is 45.5 Å². The molecular formula is C4H9N2O4P. The van der Waals surface area contributed by atoms with E-state index in [2.05, 4.69) is 0 Å². The molecule has 1 fully saturated rings. The average molecular weight is 180 g/mol. The van der Waals surface area contributed by atoms with Gasteiger partial charge in [0.2, 0.25) is 0 Å². The van der Waals surface area contributed by atoms with Crippen LogP contribution in [0.5, 0.6) is 0 Å². The van der Waals surface area contributed by atoms with Crippen LogP contribution in [0.4, 0.5) is 4.79 Å². The lowest BCUT2D eigenvalue weighted by atomic mass is 10.7. The smallest absolute Gasteiger partial charge is 0.326 e. The molecule has 11 heavy (non-hydrogen) atoms. The number of urea groups is 1. The number of amides is 2. The van der Waals surface area contributed by atoms with E-state index in [4.69, 9.17) is 9.79 Å². The highest BCUT2D eigenvalue weighted by Crippen LogP contribution is 2.41. The van der Waals surface area contributed by atoms with E-state index in [9.17, 15) is 9.36 Å². The second kappa shape index (κ2) is 2.48. The Balaban J connectivity index is 2.78. The topological polar surface area (TPSA) is 81.1 Å². The quantitative estimate of drug-likeness (QED) is 0.530. The van der Waals surface area contributed by atoms with Gasteiger partial charge in [0, 0.05) is 13.6 Å².